The van der Waals surface area contributed by atoms with Gasteiger partial charge in [-0.1, -0.05) is 45.4 Å². The van der Waals surface area contributed by atoms with Crippen LogP contribution in [0.15, 0.2) is 18.2 Å². The first kappa shape index (κ1) is 15.7. The first-order valence-electron chi connectivity index (χ1n) is 7.61. The van der Waals surface area contributed by atoms with Crippen LogP contribution < -0.4 is 10.2 Å². The predicted octanol–water partition coefficient (Wildman–Crippen LogP) is 4.32. The van der Waals surface area contributed by atoms with Crippen molar-refractivity contribution in [3.8, 4) is 0 Å². The molecule has 1 saturated heterocycles. The van der Waals surface area contributed by atoms with Gasteiger partial charge in [0.05, 0.1) is 10.7 Å². The maximum Gasteiger partial charge on any atom is 0.0642 e. The van der Waals surface area contributed by atoms with Gasteiger partial charge in [-0.2, -0.15) is 0 Å². The van der Waals surface area contributed by atoms with Gasteiger partial charge in [0.15, 0.2) is 0 Å². The minimum absolute atomic E-state index is 0.404. The van der Waals surface area contributed by atoms with E-state index in [0.29, 0.717) is 11.3 Å². The second kappa shape index (κ2) is 6.36. The van der Waals surface area contributed by atoms with E-state index in [0.717, 1.165) is 31.2 Å². The number of benzene rings is 1. The molecule has 112 valence electrons. The molecule has 0 radical (unpaired) electrons. The molecule has 1 heterocycles. The van der Waals surface area contributed by atoms with E-state index < -0.39 is 0 Å². The zero-order chi connectivity index (χ0) is 14.8. The second-order valence-electron chi connectivity index (χ2n) is 7.15. The zero-order valence-electron chi connectivity index (χ0n) is 13.2. The van der Waals surface area contributed by atoms with Crippen molar-refractivity contribution in [2.24, 2.45) is 11.3 Å². The molecule has 1 aromatic carbocycles. The van der Waals surface area contributed by atoms with Crippen LogP contribution in [0.3, 0.4) is 0 Å². The van der Waals surface area contributed by atoms with Crippen LogP contribution in [-0.4, -0.2) is 19.6 Å². The van der Waals surface area contributed by atoms with Crippen molar-refractivity contribution in [2.75, 3.05) is 24.5 Å². The van der Waals surface area contributed by atoms with Crippen LogP contribution in [-0.2, 0) is 6.54 Å². The van der Waals surface area contributed by atoms with Crippen LogP contribution in [0.5, 0.6) is 0 Å². The Hall–Kier alpha value is -0.730. The van der Waals surface area contributed by atoms with Gasteiger partial charge in [-0.25, -0.2) is 0 Å². The van der Waals surface area contributed by atoms with Crippen molar-refractivity contribution in [1.82, 2.24) is 5.32 Å². The highest BCUT2D eigenvalue weighted by molar-refractivity contribution is 6.33. The predicted molar refractivity (Wildman–Crippen MR) is 88.6 cm³/mol. The van der Waals surface area contributed by atoms with Gasteiger partial charge < -0.3 is 10.2 Å². The van der Waals surface area contributed by atoms with E-state index in [9.17, 15) is 0 Å². The number of halogens is 1. The van der Waals surface area contributed by atoms with Crippen LogP contribution in [0.1, 0.15) is 39.7 Å². The molecule has 0 saturated carbocycles. The molecule has 1 aliphatic heterocycles. The number of hydrogen-bond donors (Lipinski definition) is 1. The van der Waals surface area contributed by atoms with Crippen molar-refractivity contribution in [3.63, 3.8) is 0 Å². The lowest BCUT2D eigenvalue weighted by molar-refractivity contribution is 0.418. The molecule has 0 aromatic heterocycles. The quantitative estimate of drug-likeness (QED) is 0.870. The SMILES string of the molecule is CC(C)CNCc1ccc(N2CCC(C)(C)C2)c(Cl)c1. The highest BCUT2D eigenvalue weighted by Crippen LogP contribution is 2.36. The summed E-state index contributed by atoms with van der Waals surface area (Å²) in [6.45, 7) is 13.2. The summed E-state index contributed by atoms with van der Waals surface area (Å²) in [7, 11) is 0. The standard InChI is InChI=1S/C17H27ClN2/c1-13(2)10-19-11-14-5-6-16(15(18)9-14)20-8-7-17(3,4)12-20/h5-6,9,13,19H,7-8,10-12H2,1-4H3. The molecule has 2 nitrogen and oxygen atoms in total. The van der Waals surface area contributed by atoms with Crippen molar-refractivity contribution in [1.29, 1.82) is 0 Å². The van der Waals surface area contributed by atoms with E-state index in [2.05, 4.69) is 56.1 Å². The van der Waals surface area contributed by atoms with Gasteiger partial charge in [0.25, 0.3) is 0 Å². The molecule has 20 heavy (non-hydrogen) atoms. The number of anilines is 1. The van der Waals surface area contributed by atoms with Crippen LogP contribution in [0.2, 0.25) is 5.02 Å². The maximum atomic E-state index is 6.47. The van der Waals surface area contributed by atoms with E-state index in [4.69, 9.17) is 11.6 Å². The van der Waals surface area contributed by atoms with Crippen molar-refractivity contribution in [3.05, 3.63) is 28.8 Å². The van der Waals surface area contributed by atoms with Crippen molar-refractivity contribution in [2.45, 2.75) is 40.7 Å². The number of hydrogen-bond acceptors (Lipinski definition) is 2. The number of rotatable bonds is 5. The van der Waals surface area contributed by atoms with E-state index in [1.807, 2.05) is 0 Å². The Morgan fingerprint density at radius 1 is 1.35 bits per heavy atom. The van der Waals surface area contributed by atoms with Crippen molar-refractivity contribution < 1.29 is 0 Å². The Kier molecular flexibility index (Phi) is 4.98. The summed E-state index contributed by atoms with van der Waals surface area (Å²) < 4.78 is 0. The van der Waals surface area contributed by atoms with Crippen molar-refractivity contribution >= 4 is 17.3 Å². The molecule has 0 bridgehead atoms. The lowest BCUT2D eigenvalue weighted by Crippen LogP contribution is -2.23. The Labute approximate surface area is 128 Å². The molecule has 0 aliphatic carbocycles. The summed E-state index contributed by atoms with van der Waals surface area (Å²) in [5.74, 6) is 0.677. The van der Waals surface area contributed by atoms with Crippen LogP contribution in [0.4, 0.5) is 5.69 Å². The van der Waals surface area contributed by atoms with Gasteiger partial charge in [0.1, 0.15) is 0 Å². The van der Waals surface area contributed by atoms with Gasteiger partial charge in [0.2, 0.25) is 0 Å². The third-order valence-electron chi connectivity index (χ3n) is 3.91. The van der Waals surface area contributed by atoms with E-state index >= 15 is 0 Å². The normalized spacial score (nSPS) is 18.0. The average Bonchev–Trinajstić information content (AvgIpc) is 2.69. The van der Waals surface area contributed by atoms with Crippen LogP contribution >= 0.6 is 11.6 Å². The maximum absolute atomic E-state index is 6.47. The second-order valence-corrected chi connectivity index (χ2v) is 7.55. The lowest BCUT2D eigenvalue weighted by Gasteiger charge is -2.23. The minimum Gasteiger partial charge on any atom is -0.370 e. The molecule has 2 rings (SSSR count). The average molecular weight is 295 g/mol. The molecular weight excluding hydrogens is 268 g/mol. The molecule has 1 fully saturated rings. The van der Waals surface area contributed by atoms with Gasteiger partial charge in [-0.3, -0.25) is 0 Å². The Balaban J connectivity index is 1.99. The summed E-state index contributed by atoms with van der Waals surface area (Å²) >= 11 is 6.47. The summed E-state index contributed by atoms with van der Waals surface area (Å²) in [6, 6.07) is 6.48. The molecule has 1 N–H and O–H groups in total. The molecule has 0 spiro atoms. The largest absolute Gasteiger partial charge is 0.370 e. The topological polar surface area (TPSA) is 15.3 Å². The van der Waals surface area contributed by atoms with Crippen LogP contribution in [0, 0.1) is 11.3 Å². The van der Waals surface area contributed by atoms with Gasteiger partial charge >= 0.3 is 0 Å². The first-order valence-corrected chi connectivity index (χ1v) is 7.99. The molecule has 3 heteroatoms. The fourth-order valence-corrected chi connectivity index (χ4v) is 3.06. The van der Waals surface area contributed by atoms with Gasteiger partial charge in [-0.05, 0) is 42.0 Å². The van der Waals surface area contributed by atoms with E-state index in [1.54, 1.807) is 0 Å². The molecular formula is C17H27ClN2. The summed E-state index contributed by atoms with van der Waals surface area (Å²) in [4.78, 5) is 2.41. The minimum atomic E-state index is 0.404. The highest BCUT2D eigenvalue weighted by atomic mass is 35.5. The Morgan fingerprint density at radius 2 is 2.10 bits per heavy atom. The van der Waals surface area contributed by atoms with Crippen LogP contribution in [0.25, 0.3) is 0 Å². The molecule has 0 atom stereocenters. The molecule has 1 aromatic rings. The molecule has 0 amide bonds. The molecule has 0 unspecified atom stereocenters. The Morgan fingerprint density at radius 3 is 2.65 bits per heavy atom. The monoisotopic (exact) mass is 294 g/mol. The number of nitrogens with one attached hydrogen (secondary N) is 1. The third-order valence-corrected chi connectivity index (χ3v) is 4.21. The smallest absolute Gasteiger partial charge is 0.0642 e. The van der Waals surface area contributed by atoms with Gasteiger partial charge in [0, 0.05) is 19.6 Å². The molecule has 1 aliphatic rings. The Bertz CT molecular complexity index is 454. The third kappa shape index (κ3) is 4.13. The summed E-state index contributed by atoms with van der Waals surface area (Å²) in [5, 5.41) is 4.34. The van der Waals surface area contributed by atoms with E-state index in [1.165, 1.54) is 17.7 Å². The van der Waals surface area contributed by atoms with Gasteiger partial charge in [-0.15, -0.1) is 0 Å². The summed E-state index contributed by atoms with van der Waals surface area (Å²) in [5.41, 5.74) is 2.85. The number of nitrogens with zero attached hydrogens (tertiary/aromatic N) is 1. The lowest BCUT2D eigenvalue weighted by atomic mass is 9.93. The zero-order valence-corrected chi connectivity index (χ0v) is 13.9. The fourth-order valence-electron chi connectivity index (χ4n) is 2.74. The summed E-state index contributed by atoms with van der Waals surface area (Å²) in [6.07, 6.45) is 1.24. The van der Waals surface area contributed by atoms with E-state index in [-0.39, 0.29) is 0 Å². The fraction of sp³-hybridized carbons (Fsp3) is 0.647. The highest BCUT2D eigenvalue weighted by Gasteiger charge is 2.30. The first-order chi connectivity index (χ1) is 9.37.